The van der Waals surface area contributed by atoms with Crippen molar-refractivity contribution in [1.82, 2.24) is 10.2 Å². The maximum absolute atomic E-state index is 11.9. The molecule has 8 nitrogen and oxygen atoms in total. The van der Waals surface area contributed by atoms with Gasteiger partial charge < -0.3 is 10.1 Å². The molecule has 0 aromatic carbocycles. The zero-order valence-electron chi connectivity index (χ0n) is 12.0. The van der Waals surface area contributed by atoms with Crippen molar-refractivity contribution in [3.8, 4) is 0 Å². The van der Waals surface area contributed by atoms with Crippen LogP contribution in [0.1, 0.15) is 20.8 Å². The zero-order valence-corrected chi connectivity index (χ0v) is 12.8. The van der Waals surface area contributed by atoms with Crippen molar-refractivity contribution in [3.05, 3.63) is 0 Å². The Morgan fingerprint density at radius 3 is 2.55 bits per heavy atom. The van der Waals surface area contributed by atoms with Gasteiger partial charge in [0.05, 0.1) is 18.9 Å². The van der Waals surface area contributed by atoms with Gasteiger partial charge >= 0.3 is 6.09 Å². The fraction of sp³-hybridized carbons (Fsp3) is 0.818. The molecular formula is C11H20N2O6S. The first-order chi connectivity index (χ1) is 8.96. The molecule has 9 heteroatoms. The van der Waals surface area contributed by atoms with Gasteiger partial charge in [0.15, 0.2) is 0 Å². The average molecular weight is 308 g/mol. The summed E-state index contributed by atoms with van der Waals surface area (Å²) in [5.74, 6) is -0.385. The van der Waals surface area contributed by atoms with Crippen molar-refractivity contribution in [2.75, 3.05) is 26.0 Å². The number of nitrogens with one attached hydrogen (secondary N) is 1. The van der Waals surface area contributed by atoms with E-state index in [9.17, 15) is 18.0 Å². The molecule has 0 spiro atoms. The maximum Gasteiger partial charge on any atom is 0.410 e. The van der Waals surface area contributed by atoms with E-state index in [-0.39, 0.29) is 25.6 Å². The molecule has 1 saturated heterocycles. The van der Waals surface area contributed by atoms with E-state index in [1.54, 1.807) is 20.8 Å². The second-order valence-electron chi connectivity index (χ2n) is 5.61. The summed E-state index contributed by atoms with van der Waals surface area (Å²) in [6.07, 6.45) is 0.306. The van der Waals surface area contributed by atoms with Crippen LogP contribution in [0.3, 0.4) is 0 Å². The fourth-order valence-electron chi connectivity index (χ4n) is 1.59. The summed E-state index contributed by atoms with van der Waals surface area (Å²) in [6, 6.07) is -0.585. The molecule has 0 unspecified atom stereocenters. The third-order valence-electron chi connectivity index (χ3n) is 2.28. The Hall–Kier alpha value is -1.35. The van der Waals surface area contributed by atoms with Gasteiger partial charge in [-0.3, -0.25) is 13.9 Å². The van der Waals surface area contributed by atoms with Crippen LogP contribution >= 0.6 is 0 Å². The van der Waals surface area contributed by atoms with Crippen LogP contribution in [-0.2, 0) is 23.8 Å². The van der Waals surface area contributed by atoms with Crippen molar-refractivity contribution < 1.29 is 26.9 Å². The smallest absolute Gasteiger partial charge is 0.410 e. The lowest BCUT2D eigenvalue weighted by molar-refractivity contribution is -0.125. The summed E-state index contributed by atoms with van der Waals surface area (Å²) in [5, 5.41) is 2.56. The summed E-state index contributed by atoms with van der Waals surface area (Å²) < 4.78 is 31.6. The number of hydrogen-bond acceptors (Lipinski definition) is 6. The Kier molecular flexibility index (Phi) is 4.98. The van der Waals surface area contributed by atoms with E-state index in [0.29, 0.717) is 0 Å². The van der Waals surface area contributed by atoms with Gasteiger partial charge in [-0.2, -0.15) is 8.42 Å². The number of amides is 2. The van der Waals surface area contributed by atoms with E-state index in [0.717, 1.165) is 6.26 Å². The molecule has 1 heterocycles. The van der Waals surface area contributed by atoms with E-state index in [1.165, 1.54) is 4.90 Å². The maximum atomic E-state index is 11.9. The van der Waals surface area contributed by atoms with Gasteiger partial charge in [-0.05, 0) is 20.8 Å². The molecule has 116 valence electrons. The molecule has 0 radical (unpaired) electrons. The Balaban J connectivity index is 2.62. The number of rotatable bonds is 3. The second kappa shape index (κ2) is 5.96. The lowest BCUT2D eigenvalue weighted by Crippen LogP contribution is -2.58. The molecule has 1 aliphatic heterocycles. The summed E-state index contributed by atoms with van der Waals surface area (Å²) >= 11 is 0. The van der Waals surface area contributed by atoms with Gasteiger partial charge in [-0.1, -0.05) is 0 Å². The Morgan fingerprint density at radius 1 is 1.45 bits per heavy atom. The first-order valence-electron chi connectivity index (χ1n) is 6.08. The minimum Gasteiger partial charge on any atom is -0.444 e. The minimum absolute atomic E-state index is 0.121. The molecule has 0 aromatic heterocycles. The van der Waals surface area contributed by atoms with Crippen molar-refractivity contribution in [3.63, 3.8) is 0 Å². The molecule has 20 heavy (non-hydrogen) atoms. The molecule has 1 fully saturated rings. The topological polar surface area (TPSA) is 102 Å². The van der Waals surface area contributed by atoms with Crippen molar-refractivity contribution in [1.29, 1.82) is 0 Å². The van der Waals surface area contributed by atoms with E-state index in [1.807, 2.05) is 0 Å². The van der Waals surface area contributed by atoms with Gasteiger partial charge in [-0.25, -0.2) is 4.79 Å². The molecule has 2 amide bonds. The highest BCUT2D eigenvalue weighted by molar-refractivity contribution is 7.85. The lowest BCUT2D eigenvalue weighted by Gasteiger charge is -2.33. The van der Waals surface area contributed by atoms with E-state index in [4.69, 9.17) is 4.74 Å². The molecule has 0 aromatic rings. The molecule has 0 saturated carbocycles. The molecule has 1 aliphatic rings. The zero-order chi connectivity index (χ0) is 15.6. The Bertz CT molecular complexity index is 482. The predicted octanol–water partition coefficient (Wildman–Crippen LogP) is -0.302. The van der Waals surface area contributed by atoms with Crippen LogP contribution in [0.25, 0.3) is 0 Å². The fourth-order valence-corrected chi connectivity index (χ4v) is 2.00. The summed E-state index contributed by atoms with van der Waals surface area (Å²) in [7, 11) is -3.59. The van der Waals surface area contributed by atoms with Crippen LogP contribution in [0, 0.1) is 0 Å². The van der Waals surface area contributed by atoms with Gasteiger partial charge in [0.2, 0.25) is 5.91 Å². The van der Waals surface area contributed by atoms with Crippen LogP contribution in [0.2, 0.25) is 0 Å². The largest absolute Gasteiger partial charge is 0.444 e. The number of piperazine rings is 1. The van der Waals surface area contributed by atoms with E-state index < -0.39 is 27.9 Å². The molecule has 1 atom stereocenters. The second-order valence-corrected chi connectivity index (χ2v) is 7.26. The molecule has 1 rings (SSSR count). The van der Waals surface area contributed by atoms with Crippen molar-refractivity contribution in [2.24, 2.45) is 0 Å². The normalized spacial score (nSPS) is 20.5. The molecular weight excluding hydrogens is 288 g/mol. The quantitative estimate of drug-likeness (QED) is 0.718. The summed E-state index contributed by atoms with van der Waals surface area (Å²) in [4.78, 5) is 24.6. The number of carbonyl (C=O) groups excluding carboxylic acids is 2. The minimum atomic E-state index is -3.59. The van der Waals surface area contributed by atoms with Crippen molar-refractivity contribution in [2.45, 2.75) is 32.4 Å². The number of hydrogen-bond donors (Lipinski definition) is 1. The summed E-state index contributed by atoms with van der Waals surface area (Å²) in [6.45, 7) is 4.96. The average Bonchev–Trinajstić information content (AvgIpc) is 2.22. The number of ether oxygens (including phenoxy) is 1. The molecule has 0 aliphatic carbocycles. The monoisotopic (exact) mass is 308 g/mol. The Labute approximate surface area is 118 Å². The van der Waals surface area contributed by atoms with E-state index >= 15 is 0 Å². The van der Waals surface area contributed by atoms with Crippen LogP contribution in [0.15, 0.2) is 0 Å². The van der Waals surface area contributed by atoms with Crippen LogP contribution in [0.5, 0.6) is 0 Å². The number of carbonyl (C=O) groups is 2. The highest BCUT2D eigenvalue weighted by atomic mass is 32.2. The summed E-state index contributed by atoms with van der Waals surface area (Å²) in [5.41, 5.74) is -0.663. The van der Waals surface area contributed by atoms with Gasteiger partial charge in [0.25, 0.3) is 10.1 Å². The molecule has 0 bridgehead atoms. The van der Waals surface area contributed by atoms with Crippen LogP contribution < -0.4 is 5.32 Å². The first-order valence-corrected chi connectivity index (χ1v) is 7.89. The Morgan fingerprint density at radius 2 is 2.05 bits per heavy atom. The third-order valence-corrected chi connectivity index (χ3v) is 2.84. The highest BCUT2D eigenvalue weighted by Crippen LogP contribution is 2.12. The highest BCUT2D eigenvalue weighted by Gasteiger charge is 2.31. The van der Waals surface area contributed by atoms with Crippen LogP contribution in [0.4, 0.5) is 4.79 Å². The predicted molar refractivity (Wildman–Crippen MR) is 70.5 cm³/mol. The number of nitrogens with zero attached hydrogens (tertiary/aromatic N) is 1. The lowest BCUT2D eigenvalue weighted by atomic mass is 10.2. The molecule has 1 N–H and O–H groups in total. The van der Waals surface area contributed by atoms with E-state index in [2.05, 4.69) is 9.50 Å². The van der Waals surface area contributed by atoms with Gasteiger partial charge in [0, 0.05) is 6.54 Å². The third kappa shape index (κ3) is 6.20. The standard InChI is InChI=1S/C11H20N2O6S/c1-11(2,3)19-10(15)13-5-8(12-9(14)6-13)7-18-20(4,16)17/h8H,5-7H2,1-4H3,(H,12,14)/t8-/m1/s1. The SMILES string of the molecule is CC(C)(C)OC(=O)N1CC(=O)N[C@@H](COS(C)(=O)=O)C1. The van der Waals surface area contributed by atoms with Crippen molar-refractivity contribution >= 4 is 22.1 Å². The van der Waals surface area contributed by atoms with Crippen LogP contribution in [-0.4, -0.2) is 62.9 Å². The first kappa shape index (κ1) is 16.7. The van der Waals surface area contributed by atoms with Gasteiger partial charge in [-0.15, -0.1) is 0 Å². The van der Waals surface area contributed by atoms with Gasteiger partial charge in [0.1, 0.15) is 12.1 Å².